The van der Waals surface area contributed by atoms with Gasteiger partial charge in [-0.25, -0.2) is 4.79 Å². The fourth-order valence-corrected chi connectivity index (χ4v) is 3.60. The van der Waals surface area contributed by atoms with E-state index in [0.29, 0.717) is 5.57 Å². The van der Waals surface area contributed by atoms with Gasteiger partial charge in [-0.2, -0.15) is 0 Å². The zero-order chi connectivity index (χ0) is 20.9. The molecule has 0 radical (unpaired) electrons. The Kier molecular flexibility index (Phi) is 6.03. The van der Waals surface area contributed by atoms with Crippen molar-refractivity contribution in [2.45, 2.75) is 38.7 Å². The normalized spacial score (nSPS) is 12.5. The molecular formula is C27H28O2. The molecule has 0 aliphatic heterocycles. The molecule has 29 heavy (non-hydrogen) atoms. The molecule has 2 heteroatoms. The van der Waals surface area contributed by atoms with Gasteiger partial charge in [-0.15, -0.1) is 0 Å². The third-order valence-corrected chi connectivity index (χ3v) is 4.84. The van der Waals surface area contributed by atoms with E-state index in [4.69, 9.17) is 4.74 Å². The molecule has 0 fully saturated rings. The lowest BCUT2D eigenvalue weighted by molar-refractivity contribution is -0.149. The lowest BCUT2D eigenvalue weighted by atomic mass is 9.68. The first kappa shape index (κ1) is 20.6. The van der Waals surface area contributed by atoms with Crippen LogP contribution in [0.3, 0.4) is 0 Å². The predicted molar refractivity (Wildman–Crippen MR) is 119 cm³/mol. The highest BCUT2D eigenvalue weighted by Crippen LogP contribution is 2.41. The minimum Gasteiger partial charge on any atom is -0.457 e. The van der Waals surface area contributed by atoms with Crippen LogP contribution in [0.2, 0.25) is 0 Å². The minimum absolute atomic E-state index is 0.301. The number of ether oxygens (including phenoxy) is 1. The van der Waals surface area contributed by atoms with Gasteiger partial charge >= 0.3 is 5.97 Å². The maximum atomic E-state index is 12.8. The van der Waals surface area contributed by atoms with Crippen molar-refractivity contribution in [3.8, 4) is 0 Å². The number of esters is 1. The standard InChI is InChI=1S/C27H28O2/c1-21(25(28)29-26(2,3)4)20-27(22-14-8-5-9-15-22,23-16-10-6-11-17-23)24-18-12-7-13-19-24/h5-20H,1-4H3. The zero-order valence-electron chi connectivity index (χ0n) is 17.6. The highest BCUT2D eigenvalue weighted by Gasteiger charge is 2.35. The van der Waals surface area contributed by atoms with Crippen molar-refractivity contribution in [3.05, 3.63) is 119 Å². The quantitative estimate of drug-likeness (QED) is 0.293. The second-order valence-corrected chi connectivity index (χ2v) is 8.24. The van der Waals surface area contributed by atoms with Crippen molar-refractivity contribution in [3.63, 3.8) is 0 Å². The second-order valence-electron chi connectivity index (χ2n) is 8.24. The summed E-state index contributed by atoms with van der Waals surface area (Å²) in [6.07, 6.45) is 2.04. The van der Waals surface area contributed by atoms with E-state index in [-0.39, 0.29) is 5.97 Å². The Bertz CT molecular complexity index is 869. The van der Waals surface area contributed by atoms with E-state index in [2.05, 4.69) is 36.4 Å². The Morgan fingerprint density at radius 1 is 0.690 bits per heavy atom. The average molecular weight is 385 g/mol. The van der Waals surface area contributed by atoms with Crippen molar-refractivity contribution in [2.24, 2.45) is 0 Å². The molecule has 0 saturated heterocycles. The van der Waals surface area contributed by atoms with Crippen LogP contribution < -0.4 is 0 Å². The van der Waals surface area contributed by atoms with Gasteiger partial charge in [0.1, 0.15) is 5.60 Å². The molecule has 0 N–H and O–H groups in total. The largest absolute Gasteiger partial charge is 0.457 e. The van der Waals surface area contributed by atoms with Crippen LogP contribution in [0, 0.1) is 0 Å². The number of carbonyl (C=O) groups excluding carboxylic acids is 1. The van der Waals surface area contributed by atoms with Crippen LogP contribution in [0.5, 0.6) is 0 Å². The fraction of sp³-hybridized carbons (Fsp3) is 0.222. The van der Waals surface area contributed by atoms with Crippen molar-refractivity contribution < 1.29 is 9.53 Å². The van der Waals surface area contributed by atoms with E-state index >= 15 is 0 Å². The van der Waals surface area contributed by atoms with Gasteiger partial charge in [0.05, 0.1) is 5.41 Å². The summed E-state index contributed by atoms with van der Waals surface area (Å²) in [5.41, 5.74) is 2.73. The van der Waals surface area contributed by atoms with Crippen molar-refractivity contribution in [1.29, 1.82) is 0 Å². The van der Waals surface area contributed by atoms with Crippen molar-refractivity contribution in [2.75, 3.05) is 0 Å². The number of hydrogen-bond acceptors (Lipinski definition) is 2. The summed E-state index contributed by atoms with van der Waals surface area (Å²) in [4.78, 5) is 12.8. The van der Waals surface area contributed by atoms with Crippen LogP contribution in [0.25, 0.3) is 0 Å². The SMILES string of the molecule is CC(=CC(c1ccccc1)(c1ccccc1)c1ccccc1)C(=O)OC(C)(C)C. The molecule has 0 atom stereocenters. The van der Waals surface area contributed by atoms with Gasteiger partial charge in [0.2, 0.25) is 0 Å². The molecule has 0 unspecified atom stereocenters. The van der Waals surface area contributed by atoms with E-state index in [1.807, 2.05) is 88.4 Å². The first-order valence-corrected chi connectivity index (χ1v) is 9.92. The fourth-order valence-electron chi connectivity index (χ4n) is 3.60. The molecule has 0 spiro atoms. The van der Waals surface area contributed by atoms with E-state index in [0.717, 1.165) is 16.7 Å². The Morgan fingerprint density at radius 2 is 1.03 bits per heavy atom. The molecule has 0 aliphatic carbocycles. The number of benzene rings is 3. The van der Waals surface area contributed by atoms with Crippen LogP contribution in [0.4, 0.5) is 0 Å². The molecule has 0 aromatic heterocycles. The molecule has 3 aromatic rings. The lowest BCUT2D eigenvalue weighted by Crippen LogP contribution is -2.30. The Balaban J connectivity index is 2.28. The van der Waals surface area contributed by atoms with Crippen LogP contribution in [0.1, 0.15) is 44.4 Å². The van der Waals surface area contributed by atoms with Gasteiger partial charge in [0.15, 0.2) is 0 Å². The summed E-state index contributed by atoms with van der Waals surface area (Å²) < 4.78 is 5.65. The summed E-state index contributed by atoms with van der Waals surface area (Å²) in [6, 6.07) is 30.9. The summed E-state index contributed by atoms with van der Waals surface area (Å²) in [7, 11) is 0. The summed E-state index contributed by atoms with van der Waals surface area (Å²) >= 11 is 0. The van der Waals surface area contributed by atoms with Gasteiger partial charge < -0.3 is 4.74 Å². The molecule has 3 aromatic carbocycles. The maximum absolute atomic E-state index is 12.8. The van der Waals surface area contributed by atoms with E-state index in [9.17, 15) is 4.79 Å². The van der Waals surface area contributed by atoms with Gasteiger partial charge in [-0.1, -0.05) is 97.1 Å². The van der Waals surface area contributed by atoms with Gasteiger partial charge in [-0.05, 0) is 44.4 Å². The van der Waals surface area contributed by atoms with Gasteiger partial charge in [-0.3, -0.25) is 0 Å². The maximum Gasteiger partial charge on any atom is 0.333 e. The van der Waals surface area contributed by atoms with E-state index < -0.39 is 11.0 Å². The van der Waals surface area contributed by atoms with Gasteiger partial charge in [0.25, 0.3) is 0 Å². The second kappa shape index (κ2) is 8.48. The third kappa shape index (κ3) is 4.65. The summed E-state index contributed by atoms with van der Waals surface area (Å²) in [6.45, 7) is 7.49. The molecule has 0 aliphatic rings. The molecule has 0 saturated carbocycles. The molecule has 0 bridgehead atoms. The average Bonchev–Trinajstić information content (AvgIpc) is 2.72. The molecule has 3 rings (SSSR count). The topological polar surface area (TPSA) is 26.3 Å². The van der Waals surface area contributed by atoms with Gasteiger partial charge in [0, 0.05) is 5.57 Å². The number of carbonyl (C=O) groups is 1. The third-order valence-electron chi connectivity index (χ3n) is 4.84. The molecular weight excluding hydrogens is 356 g/mol. The van der Waals surface area contributed by atoms with E-state index in [1.165, 1.54) is 0 Å². The van der Waals surface area contributed by atoms with Crippen molar-refractivity contribution in [1.82, 2.24) is 0 Å². The van der Waals surface area contributed by atoms with Crippen molar-refractivity contribution >= 4 is 5.97 Å². The Morgan fingerprint density at radius 3 is 1.34 bits per heavy atom. The minimum atomic E-state index is -0.606. The smallest absolute Gasteiger partial charge is 0.333 e. The Hall–Kier alpha value is -3.13. The first-order valence-electron chi connectivity index (χ1n) is 9.92. The first-order chi connectivity index (χ1) is 13.8. The van der Waals surface area contributed by atoms with Crippen LogP contribution >= 0.6 is 0 Å². The summed E-state index contributed by atoms with van der Waals surface area (Å²) in [5, 5.41) is 0. The van der Waals surface area contributed by atoms with E-state index in [1.54, 1.807) is 0 Å². The molecule has 2 nitrogen and oxygen atoms in total. The molecule has 0 amide bonds. The van der Waals surface area contributed by atoms with Crippen LogP contribution in [-0.2, 0) is 14.9 Å². The summed E-state index contributed by atoms with van der Waals surface area (Å²) in [5.74, 6) is -0.301. The Labute approximate surface area is 173 Å². The number of rotatable bonds is 5. The molecule has 0 heterocycles. The van der Waals surface area contributed by atoms with Crippen LogP contribution in [-0.4, -0.2) is 11.6 Å². The highest BCUT2D eigenvalue weighted by atomic mass is 16.6. The molecule has 148 valence electrons. The zero-order valence-corrected chi connectivity index (χ0v) is 17.6. The highest BCUT2D eigenvalue weighted by molar-refractivity contribution is 5.89. The number of hydrogen-bond donors (Lipinski definition) is 0. The predicted octanol–water partition coefficient (Wildman–Crippen LogP) is 6.31. The monoisotopic (exact) mass is 384 g/mol. The van der Waals surface area contributed by atoms with Crippen LogP contribution in [0.15, 0.2) is 103 Å². The lowest BCUT2D eigenvalue weighted by Gasteiger charge is -2.34. The number of allylic oxidation sites excluding steroid dienone is 1.